The van der Waals surface area contributed by atoms with Crippen LogP contribution in [0.4, 0.5) is 4.39 Å². The molecule has 0 aliphatic rings. The first-order valence-electron chi connectivity index (χ1n) is 5.98. The van der Waals surface area contributed by atoms with Crippen molar-refractivity contribution in [2.24, 2.45) is 12.8 Å². The lowest BCUT2D eigenvalue weighted by Gasteiger charge is -2.13. The summed E-state index contributed by atoms with van der Waals surface area (Å²) in [5.41, 5.74) is 9.49. The minimum atomic E-state index is -0.347. The van der Waals surface area contributed by atoms with Gasteiger partial charge >= 0.3 is 0 Å². The van der Waals surface area contributed by atoms with Crippen LogP contribution in [0, 0.1) is 19.7 Å². The average molecular weight is 247 g/mol. The van der Waals surface area contributed by atoms with Crippen molar-refractivity contribution in [1.82, 2.24) is 9.78 Å². The lowest BCUT2D eigenvalue weighted by Crippen LogP contribution is -2.16. The van der Waals surface area contributed by atoms with E-state index in [1.165, 1.54) is 6.07 Å². The molecule has 0 amide bonds. The number of nitrogens with two attached hydrogens (primary N) is 1. The Morgan fingerprint density at radius 1 is 1.33 bits per heavy atom. The molecule has 0 fully saturated rings. The molecule has 18 heavy (non-hydrogen) atoms. The van der Waals surface area contributed by atoms with E-state index in [2.05, 4.69) is 5.10 Å². The third kappa shape index (κ3) is 2.59. The summed E-state index contributed by atoms with van der Waals surface area (Å²) in [6, 6.07) is 6.79. The Labute approximate surface area is 106 Å². The van der Waals surface area contributed by atoms with Crippen LogP contribution in [0.5, 0.6) is 0 Å². The second-order valence-corrected chi connectivity index (χ2v) is 4.74. The van der Waals surface area contributed by atoms with Crippen LogP contribution in [0.15, 0.2) is 24.3 Å². The maximum atomic E-state index is 13.8. The summed E-state index contributed by atoms with van der Waals surface area (Å²) in [6.07, 6.45) is 0.581. The molecule has 3 nitrogen and oxygen atoms in total. The van der Waals surface area contributed by atoms with Gasteiger partial charge < -0.3 is 5.73 Å². The Bertz CT molecular complexity index is 560. The van der Waals surface area contributed by atoms with E-state index in [0.29, 0.717) is 12.0 Å². The van der Waals surface area contributed by atoms with Crippen molar-refractivity contribution >= 4 is 0 Å². The van der Waals surface area contributed by atoms with E-state index in [0.717, 1.165) is 17.0 Å². The standard InChI is InChI=1S/C14H18FN3/c1-9-4-5-12(13(15)6-9)14(16)8-11-7-10(2)17-18(11)3/h4-7,14H,8,16H2,1-3H3. The zero-order chi connectivity index (χ0) is 13.3. The fourth-order valence-corrected chi connectivity index (χ4v) is 2.12. The van der Waals surface area contributed by atoms with Gasteiger partial charge in [-0.1, -0.05) is 12.1 Å². The minimum Gasteiger partial charge on any atom is -0.324 e. The maximum absolute atomic E-state index is 13.8. The third-order valence-electron chi connectivity index (χ3n) is 3.08. The molecule has 0 aliphatic heterocycles. The molecule has 2 N–H and O–H groups in total. The quantitative estimate of drug-likeness (QED) is 0.905. The molecule has 0 radical (unpaired) electrons. The molecule has 2 aromatic rings. The van der Waals surface area contributed by atoms with Crippen LogP contribution in [0.1, 0.15) is 28.6 Å². The summed E-state index contributed by atoms with van der Waals surface area (Å²) >= 11 is 0. The van der Waals surface area contributed by atoms with Crippen LogP contribution in [-0.2, 0) is 13.5 Å². The molecule has 1 unspecified atom stereocenters. The van der Waals surface area contributed by atoms with Gasteiger partial charge in [-0.05, 0) is 31.5 Å². The van der Waals surface area contributed by atoms with Crippen molar-refractivity contribution in [2.75, 3.05) is 0 Å². The number of aromatic nitrogens is 2. The molecule has 0 spiro atoms. The molecule has 0 bridgehead atoms. The van der Waals surface area contributed by atoms with E-state index >= 15 is 0 Å². The van der Waals surface area contributed by atoms with Crippen LogP contribution in [-0.4, -0.2) is 9.78 Å². The highest BCUT2D eigenvalue weighted by Gasteiger charge is 2.14. The molecule has 4 heteroatoms. The molecular weight excluding hydrogens is 229 g/mol. The van der Waals surface area contributed by atoms with Crippen LogP contribution in [0.3, 0.4) is 0 Å². The van der Waals surface area contributed by atoms with Gasteiger partial charge in [-0.3, -0.25) is 4.68 Å². The highest BCUT2D eigenvalue weighted by atomic mass is 19.1. The second kappa shape index (κ2) is 4.90. The fourth-order valence-electron chi connectivity index (χ4n) is 2.12. The fraction of sp³-hybridized carbons (Fsp3) is 0.357. The molecule has 0 saturated heterocycles. The van der Waals surface area contributed by atoms with Gasteiger partial charge in [-0.15, -0.1) is 0 Å². The number of nitrogens with zero attached hydrogens (tertiary/aromatic N) is 2. The van der Waals surface area contributed by atoms with Gasteiger partial charge in [0.15, 0.2) is 0 Å². The van der Waals surface area contributed by atoms with Gasteiger partial charge in [0.25, 0.3) is 0 Å². The van der Waals surface area contributed by atoms with Gasteiger partial charge in [-0.25, -0.2) is 4.39 Å². The first kappa shape index (κ1) is 12.8. The predicted molar refractivity (Wildman–Crippen MR) is 69.7 cm³/mol. The van der Waals surface area contributed by atoms with Crippen molar-refractivity contribution in [3.63, 3.8) is 0 Å². The average Bonchev–Trinajstić information content (AvgIpc) is 2.57. The number of hydrogen-bond acceptors (Lipinski definition) is 2. The molecule has 1 atom stereocenters. The third-order valence-corrected chi connectivity index (χ3v) is 3.08. The topological polar surface area (TPSA) is 43.8 Å². The SMILES string of the molecule is Cc1ccc(C(N)Cc2cc(C)nn2C)c(F)c1. The predicted octanol–water partition coefficient (Wildman–Crippen LogP) is 2.42. The Balaban J connectivity index is 2.21. The van der Waals surface area contributed by atoms with Crippen LogP contribution < -0.4 is 5.73 Å². The first-order chi connectivity index (χ1) is 8.47. The number of rotatable bonds is 3. The second-order valence-electron chi connectivity index (χ2n) is 4.74. The van der Waals surface area contributed by atoms with Gasteiger partial charge in [-0.2, -0.15) is 5.10 Å². The number of benzene rings is 1. The monoisotopic (exact) mass is 247 g/mol. The van der Waals surface area contributed by atoms with Crippen molar-refractivity contribution in [3.05, 3.63) is 52.6 Å². The van der Waals surface area contributed by atoms with Gasteiger partial charge in [0.05, 0.1) is 5.69 Å². The summed E-state index contributed by atoms with van der Waals surface area (Å²) in [6.45, 7) is 3.80. The Hall–Kier alpha value is -1.68. The highest BCUT2D eigenvalue weighted by molar-refractivity contribution is 5.27. The largest absolute Gasteiger partial charge is 0.324 e. The lowest BCUT2D eigenvalue weighted by atomic mass is 10.0. The van der Waals surface area contributed by atoms with E-state index in [-0.39, 0.29) is 11.9 Å². The summed E-state index contributed by atoms with van der Waals surface area (Å²) in [7, 11) is 1.88. The minimum absolute atomic E-state index is 0.235. The van der Waals surface area contributed by atoms with Crippen molar-refractivity contribution in [3.8, 4) is 0 Å². The van der Waals surface area contributed by atoms with E-state index in [1.807, 2.05) is 33.0 Å². The van der Waals surface area contributed by atoms with Crippen molar-refractivity contribution in [2.45, 2.75) is 26.3 Å². The molecule has 1 aromatic heterocycles. The van der Waals surface area contributed by atoms with Crippen LogP contribution in [0.2, 0.25) is 0 Å². The zero-order valence-electron chi connectivity index (χ0n) is 10.9. The molecule has 0 aliphatic carbocycles. The van der Waals surface area contributed by atoms with E-state index in [4.69, 9.17) is 5.73 Å². The van der Waals surface area contributed by atoms with Crippen LogP contribution in [0.25, 0.3) is 0 Å². The summed E-state index contributed by atoms with van der Waals surface area (Å²) < 4.78 is 15.6. The van der Waals surface area contributed by atoms with Crippen molar-refractivity contribution < 1.29 is 4.39 Å². The summed E-state index contributed by atoms with van der Waals surface area (Å²) in [5.74, 6) is -0.235. The van der Waals surface area contributed by atoms with Crippen LogP contribution >= 0.6 is 0 Å². The molecule has 1 heterocycles. The highest BCUT2D eigenvalue weighted by Crippen LogP contribution is 2.20. The molecular formula is C14H18FN3. The smallest absolute Gasteiger partial charge is 0.128 e. The number of halogens is 1. The summed E-state index contributed by atoms with van der Waals surface area (Å²) in [5, 5.41) is 4.26. The number of hydrogen-bond donors (Lipinski definition) is 1. The molecule has 2 rings (SSSR count). The number of aryl methyl sites for hydroxylation is 3. The Morgan fingerprint density at radius 3 is 2.61 bits per heavy atom. The lowest BCUT2D eigenvalue weighted by molar-refractivity contribution is 0.568. The normalized spacial score (nSPS) is 12.7. The van der Waals surface area contributed by atoms with E-state index in [1.54, 1.807) is 10.7 Å². The van der Waals surface area contributed by atoms with Gasteiger partial charge in [0.2, 0.25) is 0 Å². The van der Waals surface area contributed by atoms with Crippen molar-refractivity contribution in [1.29, 1.82) is 0 Å². The van der Waals surface area contributed by atoms with E-state index < -0.39 is 0 Å². The van der Waals surface area contributed by atoms with E-state index in [9.17, 15) is 4.39 Å². The zero-order valence-corrected chi connectivity index (χ0v) is 10.9. The van der Waals surface area contributed by atoms with Gasteiger partial charge in [0, 0.05) is 30.8 Å². The molecule has 96 valence electrons. The first-order valence-corrected chi connectivity index (χ1v) is 5.98. The Morgan fingerprint density at radius 2 is 2.06 bits per heavy atom. The Kier molecular flexibility index (Phi) is 3.48. The summed E-state index contributed by atoms with van der Waals surface area (Å²) in [4.78, 5) is 0. The molecule has 0 saturated carbocycles. The van der Waals surface area contributed by atoms with Gasteiger partial charge in [0.1, 0.15) is 5.82 Å². The maximum Gasteiger partial charge on any atom is 0.128 e. The molecule has 1 aromatic carbocycles.